The first-order valence-electron chi connectivity index (χ1n) is 9.03. The Balaban J connectivity index is 0.00000261. The van der Waals surface area contributed by atoms with Crippen molar-refractivity contribution in [3.05, 3.63) is 60.4 Å². The summed E-state index contributed by atoms with van der Waals surface area (Å²) in [6.45, 7) is 8.47. The first-order chi connectivity index (χ1) is 12.4. The third kappa shape index (κ3) is 6.43. The van der Waals surface area contributed by atoms with Gasteiger partial charge in [0.2, 0.25) is 0 Å². The summed E-state index contributed by atoms with van der Waals surface area (Å²) in [7, 11) is 0. The number of hydrogen-bond donors (Lipinski definition) is 0. The molecule has 6 heteroatoms. The van der Waals surface area contributed by atoms with Gasteiger partial charge in [-0.3, -0.25) is 0 Å². The Kier molecular flexibility index (Phi) is 7.08. The molecule has 5 nitrogen and oxygen atoms in total. The molecule has 146 valence electrons. The largest absolute Gasteiger partial charge is 1.00 e. The Morgan fingerprint density at radius 3 is 2.33 bits per heavy atom. The van der Waals surface area contributed by atoms with Gasteiger partial charge in [-0.1, -0.05) is 30.3 Å². The van der Waals surface area contributed by atoms with Gasteiger partial charge in [-0.25, -0.2) is 9.36 Å². The van der Waals surface area contributed by atoms with Crippen LogP contribution in [0.4, 0.5) is 4.79 Å². The van der Waals surface area contributed by atoms with E-state index in [0.717, 1.165) is 12.3 Å². The molecule has 0 atom stereocenters. The Labute approximate surface area is 167 Å². The summed E-state index contributed by atoms with van der Waals surface area (Å²) < 4.78 is 13.3. The van der Waals surface area contributed by atoms with Crippen LogP contribution in [0.25, 0.3) is 0 Å². The van der Waals surface area contributed by atoms with Crippen molar-refractivity contribution in [2.24, 2.45) is 5.92 Å². The molecule has 2 aromatic rings. The summed E-state index contributed by atoms with van der Waals surface area (Å²) in [5, 5.41) is 0. The number of halogens is 1. The summed E-state index contributed by atoms with van der Waals surface area (Å²) in [4.78, 5) is 13.6. The van der Waals surface area contributed by atoms with E-state index >= 15 is 0 Å². The molecule has 1 aromatic heterocycles. The maximum atomic E-state index is 11.9. The van der Waals surface area contributed by atoms with Gasteiger partial charge >= 0.3 is 6.09 Å². The minimum atomic E-state index is -0.447. The lowest BCUT2D eigenvalue weighted by molar-refractivity contribution is -0.688. The van der Waals surface area contributed by atoms with Crippen molar-refractivity contribution in [2.75, 3.05) is 19.7 Å². The molecular formula is C21H27ClN2O3. The molecule has 1 amide bonds. The molecule has 1 aromatic carbocycles. The van der Waals surface area contributed by atoms with E-state index in [1.54, 1.807) is 4.90 Å². The van der Waals surface area contributed by atoms with Gasteiger partial charge in [-0.15, -0.1) is 0 Å². The van der Waals surface area contributed by atoms with Crippen LogP contribution in [-0.4, -0.2) is 36.3 Å². The van der Waals surface area contributed by atoms with Crippen LogP contribution in [0.1, 0.15) is 26.3 Å². The number of rotatable bonds is 5. The van der Waals surface area contributed by atoms with Crippen LogP contribution in [0.2, 0.25) is 0 Å². The van der Waals surface area contributed by atoms with E-state index in [-0.39, 0.29) is 18.5 Å². The van der Waals surface area contributed by atoms with E-state index < -0.39 is 5.60 Å². The molecule has 0 aliphatic carbocycles. The number of carbonyl (C=O) groups excluding carboxylic acids is 1. The number of nitrogens with zero attached hydrogens (tertiary/aromatic N) is 2. The second-order valence-corrected chi connectivity index (χ2v) is 7.75. The molecule has 27 heavy (non-hydrogen) atoms. The molecule has 0 bridgehead atoms. The lowest BCUT2D eigenvalue weighted by atomic mass is 10.0. The number of benzene rings is 1. The fourth-order valence-electron chi connectivity index (χ4n) is 2.80. The third-order valence-corrected chi connectivity index (χ3v) is 4.16. The Morgan fingerprint density at radius 2 is 1.74 bits per heavy atom. The number of carbonyl (C=O) groups is 1. The zero-order valence-electron chi connectivity index (χ0n) is 16.1. The smallest absolute Gasteiger partial charge is 0.410 e. The van der Waals surface area contributed by atoms with Crippen molar-refractivity contribution in [3.8, 4) is 5.75 Å². The molecule has 2 heterocycles. The predicted octanol–water partition coefficient (Wildman–Crippen LogP) is 0.272. The van der Waals surface area contributed by atoms with Gasteiger partial charge in [-0.05, 0) is 20.8 Å². The fraction of sp³-hybridized carbons (Fsp3) is 0.429. The minimum Gasteiger partial charge on any atom is -1.00 e. The van der Waals surface area contributed by atoms with Crippen LogP contribution in [0, 0.1) is 5.92 Å². The van der Waals surface area contributed by atoms with Gasteiger partial charge in [0.15, 0.2) is 18.9 Å². The molecule has 0 unspecified atom stereocenters. The molecule has 0 saturated carbocycles. The van der Waals surface area contributed by atoms with Gasteiger partial charge in [0, 0.05) is 36.7 Å². The third-order valence-electron chi connectivity index (χ3n) is 4.16. The highest BCUT2D eigenvalue weighted by molar-refractivity contribution is 5.69. The average molecular weight is 391 g/mol. The maximum absolute atomic E-state index is 11.9. The van der Waals surface area contributed by atoms with E-state index in [0.29, 0.717) is 25.6 Å². The zero-order valence-corrected chi connectivity index (χ0v) is 16.9. The lowest BCUT2D eigenvalue weighted by Crippen LogP contribution is -3.00. The number of hydrogen-bond acceptors (Lipinski definition) is 3. The van der Waals surface area contributed by atoms with Crippen molar-refractivity contribution in [1.29, 1.82) is 0 Å². The van der Waals surface area contributed by atoms with E-state index in [1.165, 1.54) is 5.56 Å². The molecule has 1 saturated heterocycles. The highest BCUT2D eigenvalue weighted by Crippen LogP contribution is 2.20. The molecule has 0 spiro atoms. The van der Waals surface area contributed by atoms with Crippen LogP contribution < -0.4 is 21.7 Å². The highest BCUT2D eigenvalue weighted by Gasteiger charge is 2.34. The van der Waals surface area contributed by atoms with Gasteiger partial charge in [0.25, 0.3) is 0 Å². The summed E-state index contributed by atoms with van der Waals surface area (Å²) >= 11 is 0. The Hall–Kier alpha value is -2.27. The van der Waals surface area contributed by atoms with Crippen molar-refractivity contribution in [2.45, 2.75) is 32.9 Å². The molecule has 1 fully saturated rings. The minimum absolute atomic E-state index is 0. The van der Waals surface area contributed by atoms with Gasteiger partial charge in [0.05, 0.1) is 6.61 Å². The first-order valence-corrected chi connectivity index (χ1v) is 9.03. The lowest BCUT2D eigenvalue weighted by Gasteiger charge is -2.39. The zero-order chi connectivity index (χ0) is 18.6. The Morgan fingerprint density at radius 1 is 1.11 bits per heavy atom. The number of amides is 1. The summed E-state index contributed by atoms with van der Waals surface area (Å²) in [6.07, 6.45) is 3.81. The normalized spacial score (nSPS) is 14.1. The van der Waals surface area contributed by atoms with Gasteiger partial charge < -0.3 is 26.8 Å². The summed E-state index contributed by atoms with van der Waals surface area (Å²) in [5.41, 5.74) is 0.820. The standard InChI is InChI=1S/C21H27N2O3.ClH/c1-21(2,3)26-20(24)23-14-18(15-23)16-25-19-9-11-22(12-10-19)13-17-7-5-4-6-8-17;/h4-12,18H,13-16H2,1-3H3;1H/q+1;/p-1. The number of ether oxygens (including phenoxy) is 2. The number of aromatic nitrogens is 1. The van der Waals surface area contributed by atoms with Gasteiger partial charge in [0.1, 0.15) is 11.4 Å². The monoisotopic (exact) mass is 390 g/mol. The fourth-order valence-corrected chi connectivity index (χ4v) is 2.80. The number of pyridine rings is 1. The van der Waals surface area contributed by atoms with Crippen LogP contribution in [-0.2, 0) is 11.3 Å². The number of likely N-dealkylation sites (tertiary alicyclic amines) is 1. The van der Waals surface area contributed by atoms with Gasteiger partial charge in [-0.2, -0.15) is 0 Å². The van der Waals surface area contributed by atoms with E-state index in [4.69, 9.17) is 9.47 Å². The maximum Gasteiger partial charge on any atom is 0.410 e. The van der Waals surface area contributed by atoms with Crippen LogP contribution in [0.5, 0.6) is 5.75 Å². The SMILES string of the molecule is CC(C)(C)OC(=O)N1CC(COc2cc[n+](Cc3ccccc3)cc2)C1.[Cl-]. The topological polar surface area (TPSA) is 42.6 Å². The van der Waals surface area contributed by atoms with Crippen LogP contribution in [0.3, 0.4) is 0 Å². The molecule has 3 rings (SSSR count). The molecule has 1 aliphatic heterocycles. The quantitative estimate of drug-likeness (QED) is 0.688. The highest BCUT2D eigenvalue weighted by atomic mass is 35.5. The van der Waals surface area contributed by atoms with Crippen LogP contribution in [0.15, 0.2) is 54.9 Å². The molecule has 0 N–H and O–H groups in total. The summed E-state index contributed by atoms with van der Waals surface area (Å²) in [5.74, 6) is 1.21. The van der Waals surface area contributed by atoms with E-state index in [9.17, 15) is 4.79 Å². The van der Waals surface area contributed by atoms with Crippen molar-refractivity contribution in [1.82, 2.24) is 4.90 Å². The second-order valence-electron chi connectivity index (χ2n) is 7.75. The first kappa shape index (κ1) is 21.0. The molecular weight excluding hydrogens is 364 g/mol. The Bertz CT molecular complexity index is 723. The van der Waals surface area contributed by atoms with Crippen LogP contribution >= 0.6 is 0 Å². The van der Waals surface area contributed by atoms with E-state index in [2.05, 4.69) is 16.7 Å². The second kappa shape index (κ2) is 9.09. The predicted molar refractivity (Wildman–Crippen MR) is 99.0 cm³/mol. The average Bonchev–Trinajstić information content (AvgIpc) is 2.54. The molecule has 0 radical (unpaired) electrons. The van der Waals surface area contributed by atoms with E-state index in [1.807, 2.05) is 63.5 Å². The molecule has 1 aliphatic rings. The van der Waals surface area contributed by atoms with Crippen molar-refractivity contribution >= 4 is 6.09 Å². The van der Waals surface area contributed by atoms with Crippen molar-refractivity contribution < 1.29 is 31.2 Å². The summed E-state index contributed by atoms with van der Waals surface area (Å²) in [6, 6.07) is 14.3. The van der Waals surface area contributed by atoms with Crippen molar-refractivity contribution in [3.63, 3.8) is 0 Å².